The van der Waals surface area contributed by atoms with Gasteiger partial charge in [-0.3, -0.25) is 4.79 Å². The summed E-state index contributed by atoms with van der Waals surface area (Å²) in [4.78, 5) is 14.2. The van der Waals surface area contributed by atoms with Gasteiger partial charge in [0.25, 0.3) is 5.91 Å². The number of hydrogen-bond donors (Lipinski definition) is 1. The minimum Gasteiger partial charge on any atom is -0.467 e. The fourth-order valence-electron chi connectivity index (χ4n) is 3.41. The lowest BCUT2D eigenvalue weighted by molar-refractivity contribution is -0.131. The third kappa shape index (κ3) is 4.22. The first-order valence-electron chi connectivity index (χ1n) is 9.52. The van der Waals surface area contributed by atoms with Gasteiger partial charge in [0.2, 0.25) is 0 Å². The van der Waals surface area contributed by atoms with E-state index in [2.05, 4.69) is 29.5 Å². The van der Waals surface area contributed by atoms with E-state index in [0.29, 0.717) is 6.42 Å². The fraction of sp³-hybridized carbons (Fsp3) is 0.217. The van der Waals surface area contributed by atoms with Gasteiger partial charge in [0.15, 0.2) is 0 Å². The number of anilines is 1. The van der Waals surface area contributed by atoms with Gasteiger partial charge < -0.3 is 9.73 Å². The van der Waals surface area contributed by atoms with E-state index in [9.17, 15) is 4.79 Å². The molecule has 0 bridgehead atoms. The highest BCUT2D eigenvalue weighted by Crippen LogP contribution is 2.33. The number of benzene rings is 2. The summed E-state index contributed by atoms with van der Waals surface area (Å²) in [6.45, 7) is 2.22. The van der Waals surface area contributed by atoms with Crippen molar-refractivity contribution in [3.05, 3.63) is 83.8 Å². The minimum atomic E-state index is -0.230. The molecule has 1 N–H and O–H groups in total. The van der Waals surface area contributed by atoms with Crippen LogP contribution in [0.4, 0.5) is 5.69 Å². The van der Waals surface area contributed by atoms with Gasteiger partial charge in [0.05, 0.1) is 18.5 Å². The van der Waals surface area contributed by atoms with E-state index >= 15 is 0 Å². The van der Waals surface area contributed by atoms with Crippen LogP contribution in [0.25, 0.3) is 0 Å². The lowest BCUT2D eigenvalue weighted by Gasteiger charge is -2.20. The molecule has 148 valence electrons. The SMILES string of the molecule is CSc1ccccc1NCC(=O)N1N=C(c2ccc(C)cc2)CC1c1ccco1. The highest BCUT2D eigenvalue weighted by Gasteiger charge is 2.34. The van der Waals surface area contributed by atoms with E-state index < -0.39 is 0 Å². The first kappa shape index (κ1) is 19.3. The average molecular weight is 406 g/mol. The summed E-state index contributed by atoms with van der Waals surface area (Å²) in [7, 11) is 0. The Labute approximate surface area is 174 Å². The highest BCUT2D eigenvalue weighted by atomic mass is 32.2. The standard InChI is InChI=1S/C23H23N3O2S/c1-16-9-11-17(12-10-16)19-14-20(21-7-5-13-28-21)26(25-19)23(27)15-24-18-6-3-4-8-22(18)29-2/h3-13,20,24H,14-15H2,1-2H3. The Kier molecular flexibility index (Phi) is 5.71. The normalized spacial score (nSPS) is 16.0. The van der Waals surface area contributed by atoms with E-state index in [1.807, 2.05) is 54.8 Å². The number of amides is 1. The van der Waals surface area contributed by atoms with Crippen LogP contribution in [0.3, 0.4) is 0 Å². The number of hydrogen-bond acceptors (Lipinski definition) is 5. The molecule has 5 nitrogen and oxygen atoms in total. The van der Waals surface area contributed by atoms with Crippen molar-refractivity contribution in [2.75, 3.05) is 18.1 Å². The lowest BCUT2D eigenvalue weighted by Crippen LogP contribution is -2.32. The Morgan fingerprint density at radius 1 is 1.17 bits per heavy atom. The van der Waals surface area contributed by atoms with Gasteiger partial charge in [-0.2, -0.15) is 5.10 Å². The number of nitrogens with zero attached hydrogens (tertiary/aromatic N) is 2. The van der Waals surface area contributed by atoms with Crippen molar-refractivity contribution >= 4 is 29.1 Å². The molecular weight excluding hydrogens is 382 g/mol. The van der Waals surface area contributed by atoms with Crippen LogP contribution in [0.5, 0.6) is 0 Å². The Bertz CT molecular complexity index is 1010. The number of aryl methyl sites for hydroxylation is 1. The number of furan rings is 1. The number of carbonyl (C=O) groups is 1. The van der Waals surface area contributed by atoms with E-state index in [1.54, 1.807) is 23.0 Å². The first-order valence-corrected chi connectivity index (χ1v) is 10.7. The summed E-state index contributed by atoms with van der Waals surface area (Å²) in [6.07, 6.45) is 4.28. The largest absolute Gasteiger partial charge is 0.467 e. The zero-order chi connectivity index (χ0) is 20.2. The molecule has 1 aliphatic heterocycles. The maximum absolute atomic E-state index is 13.1. The van der Waals surface area contributed by atoms with Crippen LogP contribution in [-0.4, -0.2) is 29.4 Å². The molecule has 4 rings (SSSR count). The maximum Gasteiger partial charge on any atom is 0.262 e. The fourth-order valence-corrected chi connectivity index (χ4v) is 3.98. The number of para-hydroxylation sites is 1. The molecule has 0 saturated heterocycles. The molecule has 0 saturated carbocycles. The zero-order valence-electron chi connectivity index (χ0n) is 16.5. The molecule has 29 heavy (non-hydrogen) atoms. The molecule has 0 radical (unpaired) electrons. The summed E-state index contributed by atoms with van der Waals surface area (Å²) >= 11 is 1.65. The Morgan fingerprint density at radius 3 is 2.69 bits per heavy atom. The molecule has 1 aliphatic rings. The molecule has 0 spiro atoms. The van der Waals surface area contributed by atoms with E-state index in [4.69, 9.17) is 4.42 Å². The van der Waals surface area contributed by atoms with Gasteiger partial charge in [0, 0.05) is 17.0 Å². The Balaban J connectivity index is 1.55. The molecule has 2 heterocycles. The van der Waals surface area contributed by atoms with Crippen molar-refractivity contribution in [1.29, 1.82) is 0 Å². The van der Waals surface area contributed by atoms with Crippen LogP contribution in [0, 0.1) is 6.92 Å². The van der Waals surface area contributed by atoms with Crippen molar-refractivity contribution in [2.45, 2.75) is 24.3 Å². The highest BCUT2D eigenvalue weighted by molar-refractivity contribution is 7.98. The lowest BCUT2D eigenvalue weighted by atomic mass is 10.0. The van der Waals surface area contributed by atoms with Gasteiger partial charge >= 0.3 is 0 Å². The number of hydrazone groups is 1. The Morgan fingerprint density at radius 2 is 1.97 bits per heavy atom. The number of carbonyl (C=O) groups excluding carboxylic acids is 1. The second-order valence-electron chi connectivity index (χ2n) is 6.94. The van der Waals surface area contributed by atoms with Gasteiger partial charge in [-0.15, -0.1) is 11.8 Å². The number of rotatable bonds is 6. The molecule has 3 aromatic rings. The molecule has 1 unspecified atom stereocenters. The van der Waals surface area contributed by atoms with Crippen LogP contribution in [-0.2, 0) is 4.79 Å². The van der Waals surface area contributed by atoms with E-state index in [1.165, 1.54) is 5.56 Å². The second kappa shape index (κ2) is 8.57. The number of thioether (sulfide) groups is 1. The first-order chi connectivity index (χ1) is 14.2. The van der Waals surface area contributed by atoms with Crippen molar-refractivity contribution in [1.82, 2.24) is 5.01 Å². The van der Waals surface area contributed by atoms with Crippen LogP contribution in [0.1, 0.15) is 29.3 Å². The maximum atomic E-state index is 13.1. The quantitative estimate of drug-likeness (QED) is 0.580. The predicted molar refractivity (Wildman–Crippen MR) is 117 cm³/mol. The monoisotopic (exact) mass is 405 g/mol. The van der Waals surface area contributed by atoms with Crippen molar-refractivity contribution < 1.29 is 9.21 Å². The molecule has 2 aromatic carbocycles. The van der Waals surface area contributed by atoms with Crippen molar-refractivity contribution in [2.24, 2.45) is 5.10 Å². The summed E-state index contributed by atoms with van der Waals surface area (Å²) in [6, 6.07) is 19.7. The Hall–Kier alpha value is -2.99. The number of nitrogens with one attached hydrogen (secondary N) is 1. The van der Waals surface area contributed by atoms with Gasteiger partial charge in [-0.25, -0.2) is 5.01 Å². The van der Waals surface area contributed by atoms with Gasteiger partial charge in [-0.05, 0) is 43.0 Å². The van der Waals surface area contributed by atoms with Crippen LogP contribution in [0.2, 0.25) is 0 Å². The van der Waals surface area contributed by atoms with Crippen LogP contribution >= 0.6 is 11.8 Å². The molecule has 1 atom stereocenters. The average Bonchev–Trinajstić information content (AvgIpc) is 3.42. The molecule has 6 heteroatoms. The predicted octanol–water partition coefficient (Wildman–Crippen LogP) is 5.10. The van der Waals surface area contributed by atoms with Crippen LogP contribution < -0.4 is 5.32 Å². The third-order valence-electron chi connectivity index (χ3n) is 4.96. The molecule has 1 aromatic heterocycles. The van der Waals surface area contributed by atoms with Crippen LogP contribution in [0.15, 0.2) is 81.3 Å². The summed E-state index contributed by atoms with van der Waals surface area (Å²) < 4.78 is 5.61. The van der Waals surface area contributed by atoms with E-state index in [0.717, 1.165) is 27.6 Å². The summed E-state index contributed by atoms with van der Waals surface area (Å²) in [5, 5.41) is 9.49. The molecule has 0 aliphatic carbocycles. The summed E-state index contributed by atoms with van der Waals surface area (Å²) in [5.41, 5.74) is 4.07. The minimum absolute atomic E-state index is 0.0931. The van der Waals surface area contributed by atoms with Gasteiger partial charge in [0.1, 0.15) is 11.8 Å². The van der Waals surface area contributed by atoms with Crippen molar-refractivity contribution in [3.63, 3.8) is 0 Å². The topological polar surface area (TPSA) is 57.8 Å². The van der Waals surface area contributed by atoms with Gasteiger partial charge in [-0.1, -0.05) is 42.0 Å². The molecule has 0 fully saturated rings. The van der Waals surface area contributed by atoms with E-state index in [-0.39, 0.29) is 18.5 Å². The second-order valence-corrected chi connectivity index (χ2v) is 7.79. The molecular formula is C23H23N3O2S. The van der Waals surface area contributed by atoms with Crippen molar-refractivity contribution in [3.8, 4) is 0 Å². The summed E-state index contributed by atoms with van der Waals surface area (Å²) in [5.74, 6) is 0.651. The molecule has 1 amide bonds. The smallest absolute Gasteiger partial charge is 0.262 e. The zero-order valence-corrected chi connectivity index (χ0v) is 17.3. The third-order valence-corrected chi connectivity index (χ3v) is 5.76.